The van der Waals surface area contributed by atoms with E-state index in [9.17, 15) is 8.78 Å². The second-order valence-corrected chi connectivity index (χ2v) is 3.55. The van der Waals surface area contributed by atoms with Crippen molar-refractivity contribution in [2.45, 2.75) is 39.0 Å². The van der Waals surface area contributed by atoms with Crippen LogP contribution in [0.2, 0.25) is 0 Å². The summed E-state index contributed by atoms with van der Waals surface area (Å²) in [6, 6.07) is 0. The average Bonchev–Trinajstić information content (AvgIpc) is 1.78. The first-order chi connectivity index (χ1) is 4.52. The Bertz CT molecular complexity index is 120. The molecule has 0 spiro atoms. The molecular formula is C8H14F2. The van der Waals surface area contributed by atoms with Gasteiger partial charge in [0.25, 0.3) is 5.92 Å². The van der Waals surface area contributed by atoms with Gasteiger partial charge in [0, 0.05) is 12.3 Å². The lowest BCUT2D eigenvalue weighted by Gasteiger charge is -2.32. The molecule has 0 saturated heterocycles. The fourth-order valence-corrected chi connectivity index (χ4v) is 1.51. The topological polar surface area (TPSA) is 0 Å². The van der Waals surface area contributed by atoms with Crippen molar-refractivity contribution in [3.05, 3.63) is 0 Å². The summed E-state index contributed by atoms with van der Waals surface area (Å²) in [6.07, 6.45) is 1.75. The van der Waals surface area contributed by atoms with E-state index in [2.05, 4.69) is 0 Å². The maximum atomic E-state index is 12.8. The van der Waals surface area contributed by atoms with Crippen LogP contribution in [0.3, 0.4) is 0 Å². The largest absolute Gasteiger partial charge is 0.250 e. The summed E-state index contributed by atoms with van der Waals surface area (Å²) in [6.45, 7) is 3.55. The minimum atomic E-state index is -2.39. The molecule has 1 saturated carbocycles. The molecule has 2 atom stereocenters. The second kappa shape index (κ2) is 2.48. The normalized spacial score (nSPS) is 39.6. The van der Waals surface area contributed by atoms with Crippen molar-refractivity contribution in [1.29, 1.82) is 0 Å². The van der Waals surface area contributed by atoms with Gasteiger partial charge in [0.15, 0.2) is 0 Å². The molecule has 0 aliphatic heterocycles. The highest BCUT2D eigenvalue weighted by atomic mass is 19.3. The molecule has 0 amide bonds. The molecule has 1 aliphatic rings. The fourth-order valence-electron chi connectivity index (χ4n) is 1.51. The Balaban J connectivity index is 2.55. The van der Waals surface area contributed by atoms with E-state index in [-0.39, 0.29) is 12.3 Å². The first-order valence-corrected chi connectivity index (χ1v) is 3.90. The Morgan fingerprint density at radius 2 is 1.80 bits per heavy atom. The van der Waals surface area contributed by atoms with Crippen LogP contribution in [0, 0.1) is 11.8 Å². The molecule has 0 bridgehead atoms. The molecule has 0 radical (unpaired) electrons. The van der Waals surface area contributed by atoms with E-state index in [0.29, 0.717) is 6.42 Å². The van der Waals surface area contributed by atoms with Gasteiger partial charge in [0.2, 0.25) is 0 Å². The predicted octanol–water partition coefficient (Wildman–Crippen LogP) is 3.08. The van der Waals surface area contributed by atoms with Gasteiger partial charge in [-0.2, -0.15) is 0 Å². The standard InChI is InChI=1S/C8H14F2/c1-6-3-4-7(2)8(9,10)5-6/h6-7H,3-5H2,1-2H3/t6-,7-/m0/s1. The average molecular weight is 148 g/mol. The molecule has 0 nitrogen and oxygen atoms in total. The number of rotatable bonds is 0. The molecule has 0 aromatic rings. The molecule has 60 valence electrons. The quantitative estimate of drug-likeness (QED) is 0.495. The summed E-state index contributed by atoms with van der Waals surface area (Å²) in [5.41, 5.74) is 0. The monoisotopic (exact) mass is 148 g/mol. The molecule has 0 N–H and O–H groups in total. The number of hydrogen-bond donors (Lipinski definition) is 0. The van der Waals surface area contributed by atoms with E-state index >= 15 is 0 Å². The highest BCUT2D eigenvalue weighted by Crippen LogP contribution is 2.40. The van der Waals surface area contributed by atoms with Crippen LogP contribution in [0.25, 0.3) is 0 Å². The van der Waals surface area contributed by atoms with Crippen molar-refractivity contribution in [3.8, 4) is 0 Å². The zero-order valence-electron chi connectivity index (χ0n) is 6.53. The zero-order chi connectivity index (χ0) is 7.78. The van der Waals surface area contributed by atoms with Crippen LogP contribution < -0.4 is 0 Å². The van der Waals surface area contributed by atoms with Crippen LogP contribution in [0.4, 0.5) is 8.78 Å². The summed E-state index contributed by atoms with van der Waals surface area (Å²) < 4.78 is 25.7. The van der Waals surface area contributed by atoms with Crippen LogP contribution in [-0.4, -0.2) is 5.92 Å². The summed E-state index contributed by atoms with van der Waals surface area (Å²) in [7, 11) is 0. The Morgan fingerprint density at radius 1 is 1.20 bits per heavy atom. The van der Waals surface area contributed by atoms with E-state index in [4.69, 9.17) is 0 Å². The zero-order valence-corrected chi connectivity index (χ0v) is 6.53. The van der Waals surface area contributed by atoms with Crippen LogP contribution in [-0.2, 0) is 0 Å². The third kappa shape index (κ3) is 1.47. The van der Waals surface area contributed by atoms with E-state index in [1.807, 2.05) is 6.92 Å². The molecule has 2 heteroatoms. The third-order valence-electron chi connectivity index (χ3n) is 2.43. The molecule has 1 fully saturated rings. The van der Waals surface area contributed by atoms with Gasteiger partial charge in [-0.3, -0.25) is 0 Å². The Labute approximate surface area is 60.6 Å². The predicted molar refractivity (Wildman–Crippen MR) is 37.1 cm³/mol. The maximum Gasteiger partial charge on any atom is 0.250 e. The molecule has 0 aromatic heterocycles. The van der Waals surface area contributed by atoms with Crippen molar-refractivity contribution in [2.24, 2.45) is 11.8 Å². The van der Waals surface area contributed by atoms with Gasteiger partial charge < -0.3 is 0 Å². The minimum absolute atomic E-state index is 0.0914. The number of hydrogen-bond acceptors (Lipinski definition) is 0. The van der Waals surface area contributed by atoms with Gasteiger partial charge in [0.05, 0.1) is 0 Å². The second-order valence-electron chi connectivity index (χ2n) is 3.55. The summed E-state index contributed by atoms with van der Waals surface area (Å²) in [4.78, 5) is 0. The minimum Gasteiger partial charge on any atom is -0.207 e. The van der Waals surface area contributed by atoms with Crippen molar-refractivity contribution in [1.82, 2.24) is 0 Å². The van der Waals surface area contributed by atoms with Gasteiger partial charge in [-0.25, -0.2) is 8.78 Å². The summed E-state index contributed by atoms with van der Waals surface area (Å²) in [5.74, 6) is -2.58. The smallest absolute Gasteiger partial charge is 0.207 e. The first kappa shape index (κ1) is 7.96. The first-order valence-electron chi connectivity index (χ1n) is 3.90. The SMILES string of the molecule is C[C@H]1CC[C@H](C)C(F)(F)C1. The lowest BCUT2D eigenvalue weighted by molar-refractivity contribution is -0.0927. The van der Waals surface area contributed by atoms with Crippen molar-refractivity contribution >= 4 is 0 Å². The van der Waals surface area contributed by atoms with Crippen molar-refractivity contribution in [2.75, 3.05) is 0 Å². The Hall–Kier alpha value is -0.140. The molecule has 0 aromatic carbocycles. The van der Waals surface area contributed by atoms with E-state index < -0.39 is 11.8 Å². The van der Waals surface area contributed by atoms with Crippen molar-refractivity contribution in [3.63, 3.8) is 0 Å². The molecule has 10 heavy (non-hydrogen) atoms. The molecule has 0 heterocycles. The molecule has 0 unspecified atom stereocenters. The lowest BCUT2D eigenvalue weighted by Crippen LogP contribution is -2.32. The highest BCUT2D eigenvalue weighted by molar-refractivity contribution is 4.81. The third-order valence-corrected chi connectivity index (χ3v) is 2.43. The number of alkyl halides is 2. The maximum absolute atomic E-state index is 12.8. The van der Waals surface area contributed by atoms with Gasteiger partial charge >= 0.3 is 0 Å². The van der Waals surface area contributed by atoms with Crippen LogP contribution in [0.5, 0.6) is 0 Å². The lowest BCUT2D eigenvalue weighted by atomic mass is 9.81. The Morgan fingerprint density at radius 3 is 2.20 bits per heavy atom. The summed E-state index contributed by atoms with van der Waals surface area (Å²) >= 11 is 0. The van der Waals surface area contributed by atoms with Crippen LogP contribution in [0.1, 0.15) is 33.1 Å². The van der Waals surface area contributed by atoms with Crippen molar-refractivity contribution < 1.29 is 8.78 Å². The van der Waals surface area contributed by atoms with Gasteiger partial charge in [0.1, 0.15) is 0 Å². The summed E-state index contributed by atoms with van der Waals surface area (Å²) in [5, 5.41) is 0. The Kier molecular flexibility index (Phi) is 1.97. The van der Waals surface area contributed by atoms with Crippen LogP contribution in [0.15, 0.2) is 0 Å². The molecule has 1 aliphatic carbocycles. The molecule has 1 rings (SSSR count). The van der Waals surface area contributed by atoms with Gasteiger partial charge in [-0.1, -0.05) is 20.3 Å². The van der Waals surface area contributed by atoms with Crippen LogP contribution >= 0.6 is 0 Å². The molecular weight excluding hydrogens is 134 g/mol. The fraction of sp³-hybridized carbons (Fsp3) is 1.00. The highest BCUT2D eigenvalue weighted by Gasteiger charge is 2.40. The van der Waals surface area contributed by atoms with Gasteiger partial charge in [-0.15, -0.1) is 0 Å². The van der Waals surface area contributed by atoms with E-state index in [1.54, 1.807) is 6.92 Å². The van der Waals surface area contributed by atoms with Gasteiger partial charge in [-0.05, 0) is 12.3 Å². The van der Waals surface area contributed by atoms with E-state index in [0.717, 1.165) is 6.42 Å². The van der Waals surface area contributed by atoms with E-state index in [1.165, 1.54) is 0 Å². The number of halogens is 2.